The van der Waals surface area contributed by atoms with Gasteiger partial charge in [-0.15, -0.1) is 0 Å². The van der Waals surface area contributed by atoms with Crippen LogP contribution in [0.4, 0.5) is 0 Å². The van der Waals surface area contributed by atoms with Gasteiger partial charge in [0.25, 0.3) is 5.91 Å². The minimum absolute atomic E-state index is 0.0732. The van der Waals surface area contributed by atoms with Crippen molar-refractivity contribution in [3.63, 3.8) is 0 Å². The molecule has 1 amide bonds. The summed E-state index contributed by atoms with van der Waals surface area (Å²) in [5, 5.41) is 3.04. The van der Waals surface area contributed by atoms with Crippen LogP contribution in [0.1, 0.15) is 36.2 Å². The van der Waals surface area contributed by atoms with Crippen LogP contribution in [0.3, 0.4) is 0 Å². The van der Waals surface area contributed by atoms with Crippen LogP contribution in [0.25, 0.3) is 0 Å². The molecule has 0 bridgehead atoms. The van der Waals surface area contributed by atoms with Crippen molar-refractivity contribution in [3.05, 3.63) is 58.1 Å². The van der Waals surface area contributed by atoms with Gasteiger partial charge in [0, 0.05) is 11.6 Å². The van der Waals surface area contributed by atoms with Crippen molar-refractivity contribution in [2.24, 2.45) is 0 Å². The molecular formula is C20H24BrNO3. The third kappa shape index (κ3) is 5.49. The Morgan fingerprint density at radius 1 is 1.24 bits per heavy atom. The molecule has 0 saturated carbocycles. The highest BCUT2D eigenvalue weighted by molar-refractivity contribution is 9.10. The molecular weight excluding hydrogens is 382 g/mol. The highest BCUT2D eigenvalue weighted by Crippen LogP contribution is 2.36. The second-order valence-electron chi connectivity index (χ2n) is 5.82. The normalized spacial score (nSPS) is 11.7. The molecule has 0 aliphatic rings. The summed E-state index contributed by atoms with van der Waals surface area (Å²) in [6.07, 6.45) is 1.81. The lowest BCUT2D eigenvalue weighted by Crippen LogP contribution is -2.32. The van der Waals surface area contributed by atoms with Crippen LogP contribution in [0, 0.1) is 0 Å². The van der Waals surface area contributed by atoms with E-state index in [1.54, 1.807) is 19.2 Å². The number of hydrogen-bond acceptors (Lipinski definition) is 3. The standard InChI is InChI=1S/C20H24BrNO3/c1-4-25-19-17(21)12-16(13-18(19)24-3)20(23)22-14(2)10-11-15-8-6-5-7-9-15/h5-9,12-14H,4,10-11H2,1-3H3,(H,22,23). The monoisotopic (exact) mass is 405 g/mol. The van der Waals surface area contributed by atoms with E-state index >= 15 is 0 Å². The molecule has 0 heterocycles. The quantitative estimate of drug-likeness (QED) is 0.697. The average Bonchev–Trinajstić information content (AvgIpc) is 2.62. The number of methoxy groups -OCH3 is 1. The van der Waals surface area contributed by atoms with Gasteiger partial charge in [-0.3, -0.25) is 4.79 Å². The first-order chi connectivity index (χ1) is 12.0. The lowest BCUT2D eigenvalue weighted by Gasteiger charge is -2.16. The Morgan fingerprint density at radius 2 is 1.96 bits per heavy atom. The average molecular weight is 406 g/mol. The van der Waals surface area contributed by atoms with Crippen LogP contribution < -0.4 is 14.8 Å². The van der Waals surface area contributed by atoms with Crippen LogP contribution >= 0.6 is 15.9 Å². The number of carbonyl (C=O) groups is 1. The number of halogens is 1. The maximum absolute atomic E-state index is 12.5. The highest BCUT2D eigenvalue weighted by Gasteiger charge is 2.16. The van der Waals surface area contributed by atoms with Crippen molar-refractivity contribution in [1.29, 1.82) is 0 Å². The van der Waals surface area contributed by atoms with Crippen molar-refractivity contribution in [2.45, 2.75) is 32.7 Å². The van der Waals surface area contributed by atoms with Crippen LogP contribution in [-0.4, -0.2) is 25.7 Å². The number of aryl methyl sites for hydroxylation is 1. The first kappa shape index (κ1) is 19.3. The van der Waals surface area contributed by atoms with E-state index < -0.39 is 0 Å². The highest BCUT2D eigenvalue weighted by atomic mass is 79.9. The Labute approximate surface area is 157 Å². The Hall–Kier alpha value is -2.01. The molecule has 0 fully saturated rings. The Balaban J connectivity index is 2.01. The van der Waals surface area contributed by atoms with Crippen LogP contribution in [0.2, 0.25) is 0 Å². The van der Waals surface area contributed by atoms with E-state index in [1.807, 2.05) is 32.0 Å². The van der Waals surface area contributed by atoms with Gasteiger partial charge in [-0.05, 0) is 60.3 Å². The van der Waals surface area contributed by atoms with Crippen molar-refractivity contribution in [1.82, 2.24) is 5.32 Å². The van der Waals surface area contributed by atoms with E-state index in [0.717, 1.165) is 12.8 Å². The van der Waals surface area contributed by atoms with Gasteiger partial charge >= 0.3 is 0 Å². The van der Waals surface area contributed by atoms with Crippen LogP contribution in [0.15, 0.2) is 46.9 Å². The maximum atomic E-state index is 12.5. The molecule has 0 saturated heterocycles. The summed E-state index contributed by atoms with van der Waals surface area (Å²) in [6, 6.07) is 13.8. The Morgan fingerprint density at radius 3 is 2.60 bits per heavy atom. The first-order valence-corrected chi connectivity index (χ1v) is 9.19. The maximum Gasteiger partial charge on any atom is 0.251 e. The molecule has 2 aromatic carbocycles. The molecule has 25 heavy (non-hydrogen) atoms. The van der Waals surface area contributed by atoms with Gasteiger partial charge in [-0.2, -0.15) is 0 Å². The number of ether oxygens (including phenoxy) is 2. The molecule has 5 heteroatoms. The minimum atomic E-state index is -0.123. The van der Waals surface area contributed by atoms with Gasteiger partial charge in [-0.1, -0.05) is 30.3 Å². The third-order valence-electron chi connectivity index (χ3n) is 3.87. The molecule has 0 aliphatic heterocycles. The summed E-state index contributed by atoms with van der Waals surface area (Å²) < 4.78 is 11.6. The molecule has 134 valence electrons. The van der Waals surface area contributed by atoms with Crippen LogP contribution in [-0.2, 0) is 6.42 Å². The molecule has 1 unspecified atom stereocenters. The van der Waals surface area contributed by atoms with Gasteiger partial charge in [0.05, 0.1) is 18.2 Å². The fourth-order valence-electron chi connectivity index (χ4n) is 2.54. The van der Waals surface area contributed by atoms with E-state index in [2.05, 4.69) is 33.4 Å². The van der Waals surface area contributed by atoms with Gasteiger partial charge < -0.3 is 14.8 Å². The Bertz CT molecular complexity index is 704. The smallest absolute Gasteiger partial charge is 0.251 e. The number of rotatable bonds is 8. The van der Waals surface area contributed by atoms with E-state index in [0.29, 0.717) is 28.1 Å². The molecule has 0 aliphatic carbocycles. The second-order valence-corrected chi connectivity index (χ2v) is 6.68. The van der Waals surface area contributed by atoms with Gasteiger partial charge in [0.2, 0.25) is 0 Å². The lowest BCUT2D eigenvalue weighted by molar-refractivity contribution is 0.0938. The number of carbonyl (C=O) groups excluding carboxylic acids is 1. The molecule has 0 spiro atoms. The van der Waals surface area contributed by atoms with Crippen molar-refractivity contribution in [2.75, 3.05) is 13.7 Å². The minimum Gasteiger partial charge on any atom is -0.493 e. The summed E-state index contributed by atoms with van der Waals surface area (Å²) in [7, 11) is 1.56. The Kier molecular flexibility index (Phi) is 7.31. The predicted octanol–water partition coefficient (Wildman–Crippen LogP) is 4.61. The molecule has 1 N–H and O–H groups in total. The van der Waals surface area contributed by atoms with E-state index in [1.165, 1.54) is 5.56 Å². The van der Waals surface area contributed by atoms with E-state index in [4.69, 9.17) is 9.47 Å². The topological polar surface area (TPSA) is 47.6 Å². The van der Waals surface area contributed by atoms with Gasteiger partial charge in [0.15, 0.2) is 11.5 Å². The van der Waals surface area contributed by atoms with Gasteiger partial charge in [0.1, 0.15) is 0 Å². The fourth-order valence-corrected chi connectivity index (χ4v) is 3.10. The number of amides is 1. The second kappa shape index (κ2) is 9.47. The largest absolute Gasteiger partial charge is 0.493 e. The van der Waals surface area contributed by atoms with E-state index in [-0.39, 0.29) is 11.9 Å². The number of nitrogens with one attached hydrogen (secondary N) is 1. The van der Waals surface area contributed by atoms with E-state index in [9.17, 15) is 4.79 Å². The summed E-state index contributed by atoms with van der Waals surface area (Å²) in [4.78, 5) is 12.5. The zero-order valence-electron chi connectivity index (χ0n) is 14.8. The lowest BCUT2D eigenvalue weighted by atomic mass is 10.1. The van der Waals surface area contributed by atoms with Crippen LogP contribution in [0.5, 0.6) is 11.5 Å². The fraction of sp³-hybridized carbons (Fsp3) is 0.350. The predicted molar refractivity (Wildman–Crippen MR) is 104 cm³/mol. The summed E-state index contributed by atoms with van der Waals surface area (Å²) in [5.41, 5.74) is 1.81. The van der Waals surface area contributed by atoms with Crippen molar-refractivity contribution in [3.8, 4) is 11.5 Å². The number of hydrogen-bond donors (Lipinski definition) is 1. The third-order valence-corrected chi connectivity index (χ3v) is 4.46. The number of benzene rings is 2. The van der Waals surface area contributed by atoms with Crippen molar-refractivity contribution < 1.29 is 14.3 Å². The zero-order valence-corrected chi connectivity index (χ0v) is 16.4. The first-order valence-electron chi connectivity index (χ1n) is 8.40. The molecule has 2 rings (SSSR count). The molecule has 0 aromatic heterocycles. The molecule has 1 atom stereocenters. The SMILES string of the molecule is CCOc1c(Br)cc(C(=O)NC(C)CCc2ccccc2)cc1OC. The molecule has 2 aromatic rings. The summed E-state index contributed by atoms with van der Waals surface area (Å²) in [5.74, 6) is 1.03. The summed E-state index contributed by atoms with van der Waals surface area (Å²) >= 11 is 3.45. The van der Waals surface area contributed by atoms with Crippen molar-refractivity contribution >= 4 is 21.8 Å². The molecule has 4 nitrogen and oxygen atoms in total. The molecule has 0 radical (unpaired) electrons. The summed E-state index contributed by atoms with van der Waals surface area (Å²) in [6.45, 7) is 4.44. The van der Waals surface area contributed by atoms with Gasteiger partial charge in [-0.25, -0.2) is 0 Å². The zero-order chi connectivity index (χ0) is 18.2.